The van der Waals surface area contributed by atoms with Crippen LogP contribution < -0.4 is 10.6 Å². The highest BCUT2D eigenvalue weighted by atomic mass is 16.3. The third kappa shape index (κ3) is 4.28. The predicted molar refractivity (Wildman–Crippen MR) is 100 cm³/mol. The number of benzene rings is 1. The van der Waals surface area contributed by atoms with Crippen LogP contribution in [-0.2, 0) is 11.3 Å². The minimum Gasteiger partial charge on any atom is -0.507 e. The third-order valence-corrected chi connectivity index (χ3v) is 4.78. The van der Waals surface area contributed by atoms with Gasteiger partial charge in [0.05, 0.1) is 18.2 Å². The molecule has 8 heteroatoms. The monoisotopic (exact) mass is 371 g/mol. The van der Waals surface area contributed by atoms with Gasteiger partial charge in [0.2, 0.25) is 5.91 Å². The lowest BCUT2D eigenvalue weighted by molar-refractivity contribution is -0.125. The third-order valence-electron chi connectivity index (χ3n) is 4.78. The van der Waals surface area contributed by atoms with E-state index < -0.39 is 0 Å². The number of imidazole rings is 1. The van der Waals surface area contributed by atoms with Crippen molar-refractivity contribution in [2.45, 2.75) is 38.9 Å². The molecule has 3 rings (SSSR count). The maximum atomic E-state index is 12.6. The van der Waals surface area contributed by atoms with Crippen molar-refractivity contribution >= 4 is 11.8 Å². The van der Waals surface area contributed by atoms with Gasteiger partial charge in [0.25, 0.3) is 5.91 Å². The van der Waals surface area contributed by atoms with E-state index >= 15 is 0 Å². The summed E-state index contributed by atoms with van der Waals surface area (Å²) in [5, 5.41) is 15.9. The van der Waals surface area contributed by atoms with Crippen molar-refractivity contribution in [1.82, 2.24) is 25.5 Å². The SMILES string of the molecule is CCNC(=O)[C@@H]1C[C@@H](NC(=O)c2cccc(C)c2O)CN1Cc1ncc[nH]1. The highest BCUT2D eigenvalue weighted by molar-refractivity contribution is 5.97. The van der Waals surface area contributed by atoms with Crippen molar-refractivity contribution in [3.05, 3.63) is 47.5 Å². The Morgan fingerprint density at radius 3 is 2.93 bits per heavy atom. The number of aromatic amines is 1. The van der Waals surface area contributed by atoms with E-state index in [9.17, 15) is 14.7 Å². The maximum Gasteiger partial charge on any atom is 0.255 e. The number of aryl methyl sites for hydroxylation is 1. The van der Waals surface area contributed by atoms with Gasteiger partial charge in [0.15, 0.2) is 0 Å². The molecule has 27 heavy (non-hydrogen) atoms. The number of rotatable bonds is 6. The van der Waals surface area contributed by atoms with E-state index in [1.807, 2.05) is 11.8 Å². The molecule has 2 heterocycles. The fraction of sp³-hybridized carbons (Fsp3) is 0.421. The summed E-state index contributed by atoms with van der Waals surface area (Å²) >= 11 is 0. The van der Waals surface area contributed by atoms with E-state index in [2.05, 4.69) is 20.6 Å². The second kappa shape index (κ2) is 8.22. The number of aromatic hydroxyl groups is 1. The van der Waals surface area contributed by atoms with Gasteiger partial charge >= 0.3 is 0 Å². The van der Waals surface area contributed by atoms with Crippen LogP contribution in [0.1, 0.15) is 35.1 Å². The van der Waals surface area contributed by atoms with Gasteiger partial charge in [-0.25, -0.2) is 4.98 Å². The van der Waals surface area contributed by atoms with Crippen LogP contribution in [0.15, 0.2) is 30.6 Å². The van der Waals surface area contributed by atoms with Crippen LogP contribution >= 0.6 is 0 Å². The van der Waals surface area contributed by atoms with Crippen molar-refractivity contribution in [2.24, 2.45) is 0 Å². The van der Waals surface area contributed by atoms with Crippen molar-refractivity contribution in [1.29, 1.82) is 0 Å². The molecule has 0 saturated carbocycles. The smallest absolute Gasteiger partial charge is 0.255 e. The Labute approximate surface area is 158 Å². The summed E-state index contributed by atoms with van der Waals surface area (Å²) < 4.78 is 0. The minimum atomic E-state index is -0.341. The van der Waals surface area contributed by atoms with Crippen molar-refractivity contribution < 1.29 is 14.7 Å². The Kier molecular flexibility index (Phi) is 5.75. The molecule has 1 aromatic carbocycles. The number of nitrogens with one attached hydrogen (secondary N) is 3. The lowest BCUT2D eigenvalue weighted by Gasteiger charge is -2.22. The Bertz CT molecular complexity index is 806. The van der Waals surface area contributed by atoms with Crippen LogP contribution in [0.2, 0.25) is 0 Å². The van der Waals surface area contributed by atoms with Crippen LogP contribution in [0.3, 0.4) is 0 Å². The zero-order valence-corrected chi connectivity index (χ0v) is 15.5. The number of carbonyl (C=O) groups is 2. The molecule has 1 aliphatic heterocycles. The summed E-state index contributed by atoms with van der Waals surface area (Å²) in [5.41, 5.74) is 0.891. The fourth-order valence-electron chi connectivity index (χ4n) is 3.43. The fourth-order valence-corrected chi connectivity index (χ4v) is 3.43. The molecular weight excluding hydrogens is 346 g/mol. The Morgan fingerprint density at radius 2 is 2.22 bits per heavy atom. The average molecular weight is 371 g/mol. The average Bonchev–Trinajstić information content (AvgIpc) is 3.28. The van der Waals surface area contributed by atoms with Gasteiger partial charge in [-0.15, -0.1) is 0 Å². The number of phenolic OH excluding ortho intramolecular Hbond substituents is 1. The Hall–Kier alpha value is -2.87. The van der Waals surface area contributed by atoms with Gasteiger partial charge < -0.3 is 20.7 Å². The molecule has 1 saturated heterocycles. The largest absolute Gasteiger partial charge is 0.507 e. The first-order valence-corrected chi connectivity index (χ1v) is 9.09. The van der Waals surface area contributed by atoms with Crippen molar-refractivity contribution in [2.75, 3.05) is 13.1 Å². The molecule has 2 atom stereocenters. The number of likely N-dealkylation sites (N-methyl/N-ethyl adjacent to an activating group) is 1. The molecule has 144 valence electrons. The number of likely N-dealkylation sites (tertiary alicyclic amines) is 1. The minimum absolute atomic E-state index is 0.0132. The Balaban J connectivity index is 1.71. The molecule has 8 nitrogen and oxygen atoms in total. The summed E-state index contributed by atoms with van der Waals surface area (Å²) in [6.07, 6.45) is 3.92. The molecule has 1 aromatic heterocycles. The van der Waals surface area contributed by atoms with Crippen molar-refractivity contribution in [3.8, 4) is 5.75 Å². The van der Waals surface area contributed by atoms with Gasteiger partial charge in [0, 0.05) is 31.5 Å². The van der Waals surface area contributed by atoms with E-state index in [-0.39, 0.29) is 35.2 Å². The number of amides is 2. The highest BCUT2D eigenvalue weighted by Crippen LogP contribution is 2.24. The van der Waals surface area contributed by atoms with Gasteiger partial charge in [0.1, 0.15) is 11.6 Å². The van der Waals surface area contributed by atoms with Crippen LogP contribution in [0.25, 0.3) is 0 Å². The lowest BCUT2D eigenvalue weighted by atomic mass is 10.1. The quantitative estimate of drug-likeness (QED) is 0.604. The summed E-state index contributed by atoms with van der Waals surface area (Å²) in [6, 6.07) is 4.54. The van der Waals surface area contributed by atoms with Gasteiger partial charge in [-0.3, -0.25) is 14.5 Å². The molecule has 2 aromatic rings. The normalized spacial score (nSPS) is 19.8. The number of hydrogen-bond donors (Lipinski definition) is 4. The molecule has 1 aliphatic rings. The van der Waals surface area contributed by atoms with E-state index in [1.165, 1.54) is 0 Å². The van der Waals surface area contributed by atoms with E-state index in [4.69, 9.17) is 0 Å². The van der Waals surface area contributed by atoms with E-state index in [1.54, 1.807) is 37.5 Å². The number of H-pyrrole nitrogens is 1. The number of phenols is 1. The topological polar surface area (TPSA) is 110 Å². The molecule has 1 fully saturated rings. The zero-order valence-electron chi connectivity index (χ0n) is 15.5. The summed E-state index contributed by atoms with van der Waals surface area (Å²) in [5.74, 6) is 0.364. The van der Waals surface area contributed by atoms with Crippen LogP contribution in [0.4, 0.5) is 0 Å². The van der Waals surface area contributed by atoms with E-state index in [0.717, 1.165) is 5.82 Å². The molecule has 2 amide bonds. The number of hydrogen-bond acceptors (Lipinski definition) is 5. The second-order valence-corrected chi connectivity index (χ2v) is 6.75. The second-order valence-electron chi connectivity index (χ2n) is 6.75. The summed E-state index contributed by atoms with van der Waals surface area (Å²) in [6.45, 7) is 5.21. The van der Waals surface area contributed by atoms with Crippen LogP contribution in [0.5, 0.6) is 5.75 Å². The first-order valence-electron chi connectivity index (χ1n) is 9.09. The number of para-hydroxylation sites is 1. The van der Waals surface area contributed by atoms with E-state index in [0.29, 0.717) is 31.6 Å². The van der Waals surface area contributed by atoms with Gasteiger partial charge in [-0.2, -0.15) is 0 Å². The molecule has 0 bridgehead atoms. The summed E-state index contributed by atoms with van der Waals surface area (Å²) in [4.78, 5) is 34.3. The molecule has 0 spiro atoms. The number of carbonyl (C=O) groups excluding carboxylic acids is 2. The molecular formula is C19H25N5O3. The standard InChI is InChI=1S/C19H25N5O3/c1-3-20-19(27)15-9-13(10-24(15)11-16-21-7-8-22-16)23-18(26)14-6-4-5-12(2)17(14)25/h4-8,13,15,25H,3,9-11H2,1-2H3,(H,20,27)(H,21,22)(H,23,26)/t13-,15+/m1/s1. The lowest BCUT2D eigenvalue weighted by Crippen LogP contribution is -2.42. The van der Waals surface area contributed by atoms with Gasteiger partial charge in [-0.1, -0.05) is 12.1 Å². The number of nitrogens with zero attached hydrogens (tertiary/aromatic N) is 2. The van der Waals surface area contributed by atoms with Crippen molar-refractivity contribution in [3.63, 3.8) is 0 Å². The van der Waals surface area contributed by atoms with Crippen LogP contribution in [0, 0.1) is 6.92 Å². The first-order chi connectivity index (χ1) is 13.0. The molecule has 4 N–H and O–H groups in total. The summed E-state index contributed by atoms with van der Waals surface area (Å²) in [7, 11) is 0. The van der Waals surface area contributed by atoms with Crippen LogP contribution in [-0.4, -0.2) is 57.0 Å². The molecule has 0 aliphatic carbocycles. The first kappa shape index (κ1) is 18.9. The highest BCUT2D eigenvalue weighted by Gasteiger charge is 2.37. The maximum absolute atomic E-state index is 12.6. The predicted octanol–water partition coefficient (Wildman–Crippen LogP) is 0.933. The molecule has 0 radical (unpaired) electrons. The van der Waals surface area contributed by atoms with Gasteiger partial charge in [-0.05, 0) is 31.9 Å². The zero-order chi connectivity index (χ0) is 19.4. The molecule has 0 unspecified atom stereocenters. The Morgan fingerprint density at radius 1 is 1.41 bits per heavy atom. The number of aromatic nitrogens is 2.